The van der Waals surface area contributed by atoms with Gasteiger partial charge >= 0.3 is 6.09 Å². The van der Waals surface area contributed by atoms with Crippen molar-refractivity contribution in [1.29, 1.82) is 0 Å². The number of benzene rings is 1. The Kier molecular flexibility index (Phi) is 5.08. The van der Waals surface area contributed by atoms with Gasteiger partial charge < -0.3 is 14.4 Å². The first-order valence-electron chi connectivity index (χ1n) is 8.89. The van der Waals surface area contributed by atoms with E-state index in [1.165, 1.54) is 24.3 Å². The molecule has 2 heterocycles. The molecule has 2 aliphatic rings. The number of halogens is 1. The maximum absolute atomic E-state index is 13.4. The third-order valence-electron chi connectivity index (χ3n) is 4.39. The summed E-state index contributed by atoms with van der Waals surface area (Å²) in [4.78, 5) is 25.9. The monoisotopic (exact) mass is 377 g/mol. The second-order valence-electron chi connectivity index (χ2n) is 7.67. The molecule has 2 amide bonds. The van der Waals surface area contributed by atoms with Crippen molar-refractivity contribution >= 4 is 17.7 Å². The number of methoxy groups -OCH3 is 1. The zero-order valence-corrected chi connectivity index (χ0v) is 16.0. The fraction of sp³-hybridized carbons (Fsp3) is 0.526. The van der Waals surface area contributed by atoms with E-state index in [9.17, 15) is 14.0 Å². The number of likely N-dealkylation sites (tertiary alicyclic amines) is 1. The van der Waals surface area contributed by atoms with Crippen molar-refractivity contribution in [2.24, 2.45) is 5.10 Å². The van der Waals surface area contributed by atoms with Crippen LogP contribution < -0.4 is 4.74 Å². The number of ether oxygens (including phenoxy) is 2. The average Bonchev–Trinajstić information content (AvgIpc) is 2.53. The van der Waals surface area contributed by atoms with Crippen molar-refractivity contribution in [1.82, 2.24) is 9.91 Å². The molecule has 3 rings (SSSR count). The molecule has 0 N–H and O–H groups in total. The van der Waals surface area contributed by atoms with Crippen molar-refractivity contribution < 1.29 is 23.5 Å². The van der Waals surface area contributed by atoms with Crippen LogP contribution in [0.25, 0.3) is 0 Å². The first-order chi connectivity index (χ1) is 12.7. The minimum Gasteiger partial charge on any atom is -0.496 e. The Morgan fingerprint density at radius 2 is 1.96 bits per heavy atom. The van der Waals surface area contributed by atoms with Crippen LogP contribution in [0.4, 0.5) is 9.18 Å². The summed E-state index contributed by atoms with van der Waals surface area (Å²) in [7, 11) is 1.47. The van der Waals surface area contributed by atoms with Gasteiger partial charge in [-0.25, -0.2) is 14.2 Å². The van der Waals surface area contributed by atoms with Crippen molar-refractivity contribution in [3.8, 4) is 5.75 Å². The Balaban J connectivity index is 1.72. The van der Waals surface area contributed by atoms with Gasteiger partial charge in [0.15, 0.2) is 0 Å². The van der Waals surface area contributed by atoms with Crippen LogP contribution in [0, 0.1) is 5.82 Å². The number of nitrogens with zero attached hydrogens (tertiary/aromatic N) is 3. The first kappa shape index (κ1) is 19.1. The van der Waals surface area contributed by atoms with Crippen LogP contribution in [0.5, 0.6) is 5.75 Å². The Morgan fingerprint density at radius 1 is 1.26 bits per heavy atom. The van der Waals surface area contributed by atoms with Crippen molar-refractivity contribution in [3.05, 3.63) is 29.6 Å². The van der Waals surface area contributed by atoms with Gasteiger partial charge in [-0.2, -0.15) is 5.10 Å². The molecule has 0 saturated carbocycles. The molecule has 146 valence electrons. The molecule has 0 spiro atoms. The lowest BCUT2D eigenvalue weighted by molar-refractivity contribution is -0.137. The van der Waals surface area contributed by atoms with Crippen LogP contribution >= 0.6 is 0 Å². The largest absolute Gasteiger partial charge is 0.496 e. The van der Waals surface area contributed by atoms with Crippen LogP contribution in [-0.4, -0.2) is 59.5 Å². The van der Waals surface area contributed by atoms with Crippen molar-refractivity contribution in [2.45, 2.75) is 45.3 Å². The Labute approximate surface area is 157 Å². The highest BCUT2D eigenvalue weighted by Gasteiger charge is 2.40. The fourth-order valence-electron chi connectivity index (χ4n) is 3.04. The summed E-state index contributed by atoms with van der Waals surface area (Å²) in [5.74, 6) is -0.104. The van der Waals surface area contributed by atoms with Crippen LogP contribution in [-0.2, 0) is 9.53 Å². The Hall–Kier alpha value is -2.64. The number of hydrogen-bond acceptors (Lipinski definition) is 5. The number of hydrogen-bond donors (Lipinski definition) is 0. The van der Waals surface area contributed by atoms with E-state index >= 15 is 0 Å². The Bertz CT molecular complexity index is 782. The van der Waals surface area contributed by atoms with Crippen molar-refractivity contribution in [3.63, 3.8) is 0 Å². The van der Waals surface area contributed by atoms with Crippen LogP contribution in [0.2, 0.25) is 0 Å². The third kappa shape index (κ3) is 4.20. The fourth-order valence-corrected chi connectivity index (χ4v) is 3.04. The standard InChI is InChI=1S/C19H24FN3O4/c1-19(2,3)27-18(25)22-10-13(11-22)23-17(24)8-7-15(21-23)14-6-5-12(20)9-16(14)26-4/h5-6,9,13H,7-8,10-11H2,1-4H3. The maximum Gasteiger partial charge on any atom is 0.410 e. The number of hydrazone groups is 1. The van der Waals surface area contributed by atoms with Gasteiger partial charge in [0, 0.05) is 37.6 Å². The van der Waals surface area contributed by atoms with E-state index in [2.05, 4.69) is 5.10 Å². The highest BCUT2D eigenvalue weighted by molar-refractivity contribution is 6.06. The number of carbonyl (C=O) groups excluding carboxylic acids is 2. The molecular formula is C19H24FN3O4. The predicted octanol–water partition coefficient (Wildman–Crippen LogP) is 2.78. The van der Waals surface area contributed by atoms with Gasteiger partial charge in [-0.05, 0) is 32.9 Å². The molecule has 1 fully saturated rings. The quantitative estimate of drug-likeness (QED) is 0.812. The van der Waals surface area contributed by atoms with Crippen LogP contribution in [0.1, 0.15) is 39.2 Å². The number of amides is 2. The molecular weight excluding hydrogens is 353 g/mol. The highest BCUT2D eigenvalue weighted by Crippen LogP contribution is 2.27. The molecule has 0 aromatic heterocycles. The molecule has 27 heavy (non-hydrogen) atoms. The summed E-state index contributed by atoms with van der Waals surface area (Å²) in [5, 5.41) is 5.91. The van der Waals surface area contributed by atoms with Gasteiger partial charge in [-0.15, -0.1) is 0 Å². The normalized spacial score (nSPS) is 18.1. The molecule has 0 radical (unpaired) electrons. The average molecular weight is 377 g/mol. The van der Waals surface area contributed by atoms with Crippen LogP contribution in [0.15, 0.2) is 23.3 Å². The molecule has 2 aliphatic heterocycles. The third-order valence-corrected chi connectivity index (χ3v) is 4.39. The van der Waals surface area contributed by atoms with E-state index < -0.39 is 17.5 Å². The Morgan fingerprint density at radius 3 is 2.59 bits per heavy atom. The predicted molar refractivity (Wildman–Crippen MR) is 97.2 cm³/mol. The molecule has 7 nitrogen and oxygen atoms in total. The second-order valence-corrected chi connectivity index (χ2v) is 7.67. The first-order valence-corrected chi connectivity index (χ1v) is 8.89. The van der Waals surface area contributed by atoms with Gasteiger partial charge in [0.2, 0.25) is 5.91 Å². The zero-order valence-electron chi connectivity index (χ0n) is 16.0. The smallest absolute Gasteiger partial charge is 0.410 e. The van der Waals surface area contributed by atoms with E-state index in [0.29, 0.717) is 43.0 Å². The van der Waals surface area contributed by atoms with Crippen LogP contribution in [0.3, 0.4) is 0 Å². The lowest BCUT2D eigenvalue weighted by Gasteiger charge is -2.44. The van der Waals surface area contributed by atoms with Gasteiger partial charge in [-0.3, -0.25) is 4.79 Å². The second kappa shape index (κ2) is 7.17. The summed E-state index contributed by atoms with van der Waals surface area (Å²) in [6.45, 7) is 6.17. The lowest BCUT2D eigenvalue weighted by atomic mass is 10.0. The summed E-state index contributed by atoms with van der Waals surface area (Å²) in [6, 6.07) is 4.06. The molecule has 1 aromatic rings. The SMILES string of the molecule is COc1cc(F)ccc1C1=NN(C2CN(C(=O)OC(C)(C)C)C2)C(=O)CC1. The molecule has 0 aliphatic carbocycles. The molecule has 1 saturated heterocycles. The van der Waals surface area contributed by atoms with E-state index in [1.807, 2.05) is 20.8 Å². The summed E-state index contributed by atoms with van der Waals surface area (Å²) < 4.78 is 24.0. The van der Waals surface area contributed by atoms with Gasteiger partial charge in [-0.1, -0.05) is 0 Å². The zero-order chi connectivity index (χ0) is 19.8. The molecule has 8 heteroatoms. The molecule has 0 unspecified atom stereocenters. The minimum atomic E-state index is -0.562. The van der Waals surface area contributed by atoms with E-state index in [1.54, 1.807) is 11.0 Å². The molecule has 1 aromatic carbocycles. The summed E-state index contributed by atoms with van der Waals surface area (Å²) in [6.07, 6.45) is 0.370. The summed E-state index contributed by atoms with van der Waals surface area (Å²) in [5.41, 5.74) is 0.773. The number of rotatable bonds is 3. The highest BCUT2D eigenvalue weighted by atomic mass is 19.1. The lowest BCUT2D eigenvalue weighted by Crippen LogP contribution is -2.62. The maximum atomic E-state index is 13.4. The molecule has 0 bridgehead atoms. The van der Waals surface area contributed by atoms with Crippen molar-refractivity contribution in [2.75, 3.05) is 20.2 Å². The minimum absolute atomic E-state index is 0.0892. The topological polar surface area (TPSA) is 71.4 Å². The summed E-state index contributed by atoms with van der Waals surface area (Å²) >= 11 is 0. The number of carbonyl (C=O) groups is 2. The van der Waals surface area contributed by atoms with E-state index in [0.717, 1.165) is 0 Å². The van der Waals surface area contributed by atoms with Gasteiger partial charge in [0.25, 0.3) is 0 Å². The van der Waals surface area contributed by atoms with E-state index in [4.69, 9.17) is 9.47 Å². The van der Waals surface area contributed by atoms with Gasteiger partial charge in [0.1, 0.15) is 17.2 Å². The van der Waals surface area contributed by atoms with Gasteiger partial charge in [0.05, 0.1) is 18.9 Å². The van der Waals surface area contributed by atoms with E-state index in [-0.39, 0.29) is 11.9 Å². The molecule has 0 atom stereocenters.